The van der Waals surface area contributed by atoms with E-state index < -0.39 is 17.0 Å². The SMILES string of the molecule is CNC(C(=O)CC1CC(=O)C2(CCCN2)SCS1)C(C)O. The molecule has 0 amide bonds. The molecule has 2 rings (SSSR count). The predicted octanol–water partition coefficient (Wildman–Crippen LogP) is 0.759. The minimum Gasteiger partial charge on any atom is -0.391 e. The van der Waals surface area contributed by atoms with E-state index in [1.165, 1.54) is 0 Å². The Morgan fingerprint density at radius 1 is 1.62 bits per heavy atom. The number of hydrogen-bond acceptors (Lipinski definition) is 7. The number of aliphatic hydroxyl groups excluding tert-OH is 1. The van der Waals surface area contributed by atoms with Crippen molar-refractivity contribution in [3.63, 3.8) is 0 Å². The van der Waals surface area contributed by atoms with Crippen molar-refractivity contribution in [2.24, 2.45) is 0 Å². The van der Waals surface area contributed by atoms with Crippen LogP contribution in [0.25, 0.3) is 0 Å². The first-order chi connectivity index (χ1) is 9.98. The topological polar surface area (TPSA) is 78.4 Å². The first-order valence-corrected chi connectivity index (χ1v) is 9.44. The Morgan fingerprint density at radius 2 is 2.38 bits per heavy atom. The summed E-state index contributed by atoms with van der Waals surface area (Å²) < 4.78 is 0. The van der Waals surface area contributed by atoms with Crippen LogP contribution in [0.5, 0.6) is 0 Å². The Hall–Kier alpha value is -0.0800. The van der Waals surface area contributed by atoms with Gasteiger partial charge in [0.1, 0.15) is 4.87 Å². The fourth-order valence-electron chi connectivity index (χ4n) is 2.97. The predicted molar refractivity (Wildman–Crippen MR) is 87.6 cm³/mol. The van der Waals surface area contributed by atoms with Gasteiger partial charge in [-0.3, -0.25) is 14.9 Å². The van der Waals surface area contributed by atoms with Crippen LogP contribution in [0.4, 0.5) is 0 Å². The number of nitrogens with one attached hydrogen (secondary N) is 2. The van der Waals surface area contributed by atoms with Crippen molar-refractivity contribution in [3.05, 3.63) is 0 Å². The molecule has 2 aliphatic rings. The summed E-state index contributed by atoms with van der Waals surface area (Å²) in [5, 5.41) is 16.7. The molecule has 7 heteroatoms. The quantitative estimate of drug-likeness (QED) is 0.686. The van der Waals surface area contributed by atoms with E-state index >= 15 is 0 Å². The minimum absolute atomic E-state index is 0.0156. The highest BCUT2D eigenvalue weighted by Gasteiger charge is 2.44. The van der Waals surface area contributed by atoms with Crippen LogP contribution < -0.4 is 10.6 Å². The van der Waals surface area contributed by atoms with E-state index in [9.17, 15) is 14.7 Å². The number of Topliss-reactive ketones (excluding diaryl/α,β-unsaturated/α-hetero) is 2. The molecule has 5 nitrogen and oxygen atoms in total. The van der Waals surface area contributed by atoms with E-state index in [4.69, 9.17) is 0 Å². The van der Waals surface area contributed by atoms with Crippen molar-refractivity contribution in [1.82, 2.24) is 10.6 Å². The van der Waals surface area contributed by atoms with Gasteiger partial charge in [-0.1, -0.05) is 0 Å². The highest BCUT2D eigenvalue weighted by molar-refractivity contribution is 8.17. The van der Waals surface area contributed by atoms with Gasteiger partial charge in [0.15, 0.2) is 11.6 Å². The number of ketones is 2. The summed E-state index contributed by atoms with van der Waals surface area (Å²) in [5.41, 5.74) is 0. The zero-order chi connectivity index (χ0) is 15.5. The van der Waals surface area contributed by atoms with Crippen molar-refractivity contribution in [2.75, 3.05) is 18.7 Å². The van der Waals surface area contributed by atoms with Crippen LogP contribution in [0.2, 0.25) is 0 Å². The molecule has 4 unspecified atom stereocenters. The van der Waals surface area contributed by atoms with Crippen molar-refractivity contribution < 1.29 is 14.7 Å². The highest BCUT2D eigenvalue weighted by Crippen LogP contribution is 2.41. The smallest absolute Gasteiger partial charge is 0.164 e. The van der Waals surface area contributed by atoms with E-state index in [1.54, 1.807) is 37.5 Å². The maximum Gasteiger partial charge on any atom is 0.164 e. The number of thioether (sulfide) groups is 2. The summed E-state index contributed by atoms with van der Waals surface area (Å²) in [6.07, 6.45) is 1.99. The van der Waals surface area contributed by atoms with Crippen molar-refractivity contribution in [3.8, 4) is 0 Å². The molecular formula is C14H24N2O3S2. The summed E-state index contributed by atoms with van der Waals surface area (Å²) in [5.74, 6) is 0.212. The molecule has 0 bridgehead atoms. The molecule has 0 saturated carbocycles. The third-order valence-corrected chi connectivity index (χ3v) is 7.05. The number of aliphatic hydroxyl groups is 1. The van der Waals surface area contributed by atoms with Crippen LogP contribution >= 0.6 is 23.5 Å². The standard InChI is InChI=1S/C14H24N2O3S2/c1-9(17)13(15-2)11(18)6-10-7-12(19)14(21-8-20-10)4-3-5-16-14/h9-10,13,15-17H,3-8H2,1-2H3. The van der Waals surface area contributed by atoms with Crippen molar-refractivity contribution in [2.45, 2.75) is 54.9 Å². The maximum absolute atomic E-state index is 12.5. The molecule has 0 aliphatic carbocycles. The lowest BCUT2D eigenvalue weighted by molar-refractivity contribution is -0.123. The lowest BCUT2D eigenvalue weighted by Gasteiger charge is -2.25. The second-order valence-corrected chi connectivity index (χ2v) is 8.64. The molecule has 0 aromatic heterocycles. The molecule has 3 N–H and O–H groups in total. The number of hydrogen-bond donors (Lipinski definition) is 3. The van der Waals surface area contributed by atoms with Crippen LogP contribution in [-0.4, -0.2) is 57.6 Å². The third-order valence-electron chi connectivity index (χ3n) is 4.16. The Bertz CT molecular complexity index is 398. The number of rotatable bonds is 5. The van der Waals surface area contributed by atoms with E-state index in [-0.39, 0.29) is 16.8 Å². The Balaban J connectivity index is 1.96. The third kappa shape index (κ3) is 4.01. The molecular weight excluding hydrogens is 308 g/mol. The monoisotopic (exact) mass is 332 g/mol. The van der Waals surface area contributed by atoms with E-state index in [1.807, 2.05) is 0 Å². The minimum atomic E-state index is -0.716. The molecule has 2 fully saturated rings. The summed E-state index contributed by atoms with van der Waals surface area (Å²) in [4.78, 5) is 24.4. The normalized spacial score (nSPS) is 32.9. The van der Waals surface area contributed by atoms with Gasteiger partial charge in [0.2, 0.25) is 0 Å². The molecule has 0 aromatic rings. The van der Waals surface area contributed by atoms with E-state index in [0.29, 0.717) is 12.8 Å². The first kappa shape index (κ1) is 17.3. The van der Waals surface area contributed by atoms with Crippen LogP contribution in [0.3, 0.4) is 0 Å². The summed E-state index contributed by atoms with van der Waals surface area (Å²) in [6, 6.07) is -0.546. The maximum atomic E-state index is 12.5. The molecule has 2 aliphatic heterocycles. The van der Waals surface area contributed by atoms with Gasteiger partial charge in [-0.15, -0.1) is 23.5 Å². The molecule has 1 spiro atoms. The average Bonchev–Trinajstić information content (AvgIpc) is 2.82. The van der Waals surface area contributed by atoms with Gasteiger partial charge in [-0.25, -0.2) is 0 Å². The molecule has 2 heterocycles. The summed E-state index contributed by atoms with van der Waals surface area (Å²) >= 11 is 3.37. The second-order valence-electron chi connectivity index (χ2n) is 5.71. The van der Waals surface area contributed by atoms with Gasteiger partial charge in [-0.2, -0.15) is 0 Å². The number of carbonyl (C=O) groups is 2. The van der Waals surface area contributed by atoms with Crippen LogP contribution in [0.15, 0.2) is 0 Å². The first-order valence-electron chi connectivity index (χ1n) is 7.40. The molecule has 0 radical (unpaired) electrons. The lowest BCUT2D eigenvalue weighted by Crippen LogP contribution is -2.45. The average molecular weight is 332 g/mol. The van der Waals surface area contributed by atoms with E-state index in [0.717, 1.165) is 24.5 Å². The largest absolute Gasteiger partial charge is 0.391 e. The molecule has 2 saturated heterocycles. The number of likely N-dealkylation sites (N-methyl/N-ethyl adjacent to an activating group) is 1. The van der Waals surface area contributed by atoms with Gasteiger partial charge in [0.25, 0.3) is 0 Å². The molecule has 0 aromatic carbocycles. The van der Waals surface area contributed by atoms with Crippen LogP contribution in [0.1, 0.15) is 32.6 Å². The van der Waals surface area contributed by atoms with Crippen molar-refractivity contribution >= 4 is 35.1 Å². The van der Waals surface area contributed by atoms with Gasteiger partial charge >= 0.3 is 0 Å². The Kier molecular flexibility index (Phi) is 6.14. The molecule has 4 atom stereocenters. The second kappa shape index (κ2) is 7.46. The van der Waals surface area contributed by atoms with Crippen LogP contribution in [0, 0.1) is 0 Å². The summed E-state index contributed by atoms with van der Waals surface area (Å²) in [7, 11) is 1.67. The van der Waals surface area contributed by atoms with Crippen molar-refractivity contribution in [1.29, 1.82) is 0 Å². The Morgan fingerprint density at radius 3 is 2.95 bits per heavy atom. The van der Waals surface area contributed by atoms with Gasteiger partial charge in [-0.05, 0) is 33.4 Å². The Labute approximate surface area is 134 Å². The van der Waals surface area contributed by atoms with E-state index in [2.05, 4.69) is 10.6 Å². The van der Waals surface area contributed by atoms with Crippen LogP contribution in [-0.2, 0) is 9.59 Å². The summed E-state index contributed by atoms with van der Waals surface area (Å²) in [6.45, 7) is 2.51. The molecule has 120 valence electrons. The molecule has 21 heavy (non-hydrogen) atoms. The lowest BCUT2D eigenvalue weighted by atomic mass is 9.99. The fraction of sp³-hybridized carbons (Fsp3) is 0.857. The zero-order valence-corrected chi connectivity index (χ0v) is 14.2. The zero-order valence-electron chi connectivity index (χ0n) is 12.6. The number of carbonyl (C=O) groups excluding carboxylic acids is 2. The van der Waals surface area contributed by atoms with Gasteiger partial charge in [0.05, 0.1) is 12.1 Å². The highest BCUT2D eigenvalue weighted by atomic mass is 32.2. The van der Waals surface area contributed by atoms with Gasteiger partial charge in [0, 0.05) is 23.2 Å². The fourth-order valence-corrected chi connectivity index (χ4v) is 6.11. The van der Waals surface area contributed by atoms with Gasteiger partial charge < -0.3 is 10.4 Å².